The van der Waals surface area contributed by atoms with Gasteiger partial charge < -0.3 is 35.2 Å². The van der Waals surface area contributed by atoms with Crippen LogP contribution in [0.1, 0.15) is 0 Å². The Bertz CT molecular complexity index is 91.5. The standard InChI is InChI=1S/C6H4.BrH.Mg.4Y/c1-2-4-6-5-3-1;;;;;;/h1-3,6H;1H;;;;;/q-2;;+2;;;;/p-1. The Morgan fingerprint density at radius 1 is 0.750 bits per heavy atom. The maximum atomic E-state index is 2.84. The summed E-state index contributed by atoms with van der Waals surface area (Å²) in [5.74, 6) is 0. The van der Waals surface area contributed by atoms with E-state index >= 15 is 0 Å². The van der Waals surface area contributed by atoms with Gasteiger partial charge in [0.15, 0.2) is 0 Å². The van der Waals surface area contributed by atoms with Gasteiger partial charge in [0.2, 0.25) is 0 Å². The molecule has 0 aliphatic heterocycles. The van der Waals surface area contributed by atoms with Crippen molar-refractivity contribution < 1.29 is 148 Å². The second kappa shape index (κ2) is 29.7. The Balaban J connectivity index is -0.0000000150. The molecule has 0 N–H and O–H groups in total. The van der Waals surface area contributed by atoms with E-state index in [4.69, 9.17) is 0 Å². The molecule has 0 saturated carbocycles. The van der Waals surface area contributed by atoms with Gasteiger partial charge in [0.05, 0.1) is 0 Å². The predicted octanol–water partition coefficient (Wildman–Crippen LogP) is -2.10. The molecule has 0 nitrogen and oxygen atoms in total. The average Bonchev–Trinajstić information content (AvgIpc) is 1.72. The van der Waals surface area contributed by atoms with Crippen LogP contribution in [-0.4, -0.2) is 23.1 Å². The molecule has 6 heteroatoms. The molecular weight excluding hydrogens is 532 g/mol. The van der Waals surface area contributed by atoms with E-state index in [2.05, 4.69) is 12.1 Å². The number of rotatable bonds is 0. The molecule has 0 aliphatic rings. The fourth-order valence-corrected chi connectivity index (χ4v) is 0.304. The van der Waals surface area contributed by atoms with Crippen LogP contribution in [0.3, 0.4) is 0 Å². The average molecular weight is 536 g/mol. The fraction of sp³-hybridized carbons (Fsp3) is 0. The molecule has 0 atom stereocenters. The molecule has 0 aliphatic carbocycles. The molecule has 1 aromatic rings. The summed E-state index contributed by atoms with van der Waals surface area (Å²) < 4.78 is 0. The van der Waals surface area contributed by atoms with E-state index in [0.717, 1.165) is 0 Å². The van der Waals surface area contributed by atoms with Gasteiger partial charge in [-0.2, -0.15) is 0 Å². The van der Waals surface area contributed by atoms with Gasteiger partial charge in [-0.1, -0.05) is 0 Å². The van der Waals surface area contributed by atoms with Gasteiger partial charge in [0, 0.05) is 131 Å². The molecule has 4 radical (unpaired) electrons. The van der Waals surface area contributed by atoms with Crippen LogP contribution in [0.2, 0.25) is 0 Å². The molecule has 0 fully saturated rings. The molecule has 0 saturated heterocycles. The maximum absolute atomic E-state index is 2.84. The van der Waals surface area contributed by atoms with E-state index in [9.17, 15) is 0 Å². The second-order valence-corrected chi connectivity index (χ2v) is 1.00. The molecule has 12 heavy (non-hydrogen) atoms. The van der Waals surface area contributed by atoms with Crippen molar-refractivity contribution in [2.45, 2.75) is 0 Å². The van der Waals surface area contributed by atoms with Crippen molar-refractivity contribution >= 4 is 23.1 Å². The molecule has 0 spiro atoms. The summed E-state index contributed by atoms with van der Waals surface area (Å²) in [4.78, 5) is 0. The zero-order chi connectivity index (χ0) is 4.24. The van der Waals surface area contributed by atoms with Crippen LogP contribution in [0, 0.1) is 12.1 Å². The first-order valence-corrected chi connectivity index (χ1v) is 1.82. The largest absolute Gasteiger partial charge is 2.00 e. The van der Waals surface area contributed by atoms with Crippen LogP contribution < -0.4 is 17.0 Å². The van der Waals surface area contributed by atoms with E-state index < -0.39 is 0 Å². The van der Waals surface area contributed by atoms with E-state index in [1.165, 1.54) is 0 Å². The first kappa shape index (κ1) is 36.0. The summed E-state index contributed by atoms with van der Waals surface area (Å²) in [6.45, 7) is 0. The van der Waals surface area contributed by atoms with Crippen molar-refractivity contribution in [1.82, 2.24) is 0 Å². The zero-order valence-corrected chi connectivity index (χ0v) is 21.1. The van der Waals surface area contributed by atoms with Crippen molar-refractivity contribution in [3.8, 4) is 0 Å². The third-order valence-corrected chi connectivity index (χ3v) is 0.552. The Labute approximate surface area is 202 Å². The third kappa shape index (κ3) is 24.2. The summed E-state index contributed by atoms with van der Waals surface area (Å²) in [7, 11) is 0. The molecule has 0 unspecified atom stereocenters. The number of hydrogen-bond acceptors (Lipinski definition) is 0. The Morgan fingerprint density at radius 3 is 1.17 bits per heavy atom. The van der Waals surface area contributed by atoms with E-state index in [1.807, 2.05) is 18.2 Å². The molecule has 1 aromatic carbocycles. The van der Waals surface area contributed by atoms with Crippen LogP contribution in [0.4, 0.5) is 0 Å². The SMILES string of the molecule is [Br-].[Mg+2].[Y].[Y].[Y].[Y].[c-]1c[c-]ccc1. The van der Waals surface area contributed by atoms with E-state index in [0.29, 0.717) is 0 Å². The molecule has 0 aromatic heterocycles. The summed E-state index contributed by atoms with van der Waals surface area (Å²) in [6.07, 6.45) is 0. The summed E-state index contributed by atoms with van der Waals surface area (Å²) >= 11 is 0. The second-order valence-electron chi connectivity index (χ2n) is 1.00. The monoisotopic (exact) mass is 535 g/mol. The minimum absolute atomic E-state index is 0. The van der Waals surface area contributed by atoms with Crippen molar-refractivity contribution in [2.24, 2.45) is 0 Å². The summed E-state index contributed by atoms with van der Waals surface area (Å²) in [6, 6.07) is 13.0. The van der Waals surface area contributed by atoms with Gasteiger partial charge in [-0.3, -0.25) is 18.2 Å². The maximum Gasteiger partial charge on any atom is 2.00 e. The van der Waals surface area contributed by atoms with Crippen LogP contribution >= 0.6 is 0 Å². The molecular formula is C6H4BrMgY4-. The van der Waals surface area contributed by atoms with Crippen molar-refractivity contribution in [2.75, 3.05) is 0 Å². The molecule has 1 rings (SSSR count). The van der Waals surface area contributed by atoms with Gasteiger partial charge in [0.1, 0.15) is 0 Å². The molecule has 0 bridgehead atoms. The minimum atomic E-state index is 0. The Kier molecular flexibility index (Phi) is 89.0. The first-order chi connectivity index (χ1) is 3.00. The fourth-order valence-electron chi connectivity index (χ4n) is 0.304. The quantitative estimate of drug-likeness (QED) is 0.264. The van der Waals surface area contributed by atoms with Gasteiger partial charge >= 0.3 is 23.1 Å². The van der Waals surface area contributed by atoms with Gasteiger partial charge in [-0.25, -0.2) is 0 Å². The smallest absolute Gasteiger partial charge is 1.00 e. The molecule has 0 heterocycles. The normalized spacial score (nSPS) is 4.00. The number of hydrogen-bond donors (Lipinski definition) is 0. The van der Waals surface area contributed by atoms with Crippen LogP contribution in [0.15, 0.2) is 24.3 Å². The molecule has 0 amide bonds. The summed E-state index contributed by atoms with van der Waals surface area (Å²) in [5.41, 5.74) is 0. The van der Waals surface area contributed by atoms with E-state index in [1.54, 1.807) is 6.07 Å². The topological polar surface area (TPSA) is 0 Å². The van der Waals surface area contributed by atoms with Crippen molar-refractivity contribution in [1.29, 1.82) is 0 Å². The minimum Gasteiger partial charge on any atom is -1.00 e. The third-order valence-electron chi connectivity index (χ3n) is 0.552. The molecule has 50 valence electrons. The van der Waals surface area contributed by atoms with E-state index in [-0.39, 0.29) is 171 Å². The Hall–Kier alpha value is 4.88. The first-order valence-electron chi connectivity index (χ1n) is 1.82. The zero-order valence-electron chi connectivity index (χ0n) is 6.70. The predicted molar refractivity (Wildman–Crippen MR) is 29.9 cm³/mol. The van der Waals surface area contributed by atoms with Gasteiger partial charge in [-0.15, -0.1) is 0 Å². The van der Waals surface area contributed by atoms with Crippen LogP contribution in [-0.2, 0) is 131 Å². The van der Waals surface area contributed by atoms with Gasteiger partial charge in [0.25, 0.3) is 0 Å². The number of halogens is 1. The summed E-state index contributed by atoms with van der Waals surface area (Å²) in [5, 5.41) is 0. The van der Waals surface area contributed by atoms with Gasteiger partial charge in [-0.05, 0) is 0 Å². The Morgan fingerprint density at radius 2 is 1.08 bits per heavy atom. The number of benzene rings is 1. The van der Waals surface area contributed by atoms with Crippen molar-refractivity contribution in [3.05, 3.63) is 36.4 Å². The van der Waals surface area contributed by atoms with Crippen LogP contribution in [0.5, 0.6) is 0 Å². The van der Waals surface area contributed by atoms with Crippen molar-refractivity contribution in [3.63, 3.8) is 0 Å². The van der Waals surface area contributed by atoms with Crippen LogP contribution in [0.25, 0.3) is 0 Å².